The van der Waals surface area contributed by atoms with Gasteiger partial charge in [0.1, 0.15) is 12.1 Å². The molecule has 20 heavy (non-hydrogen) atoms. The Morgan fingerprint density at radius 2 is 2.10 bits per heavy atom. The lowest BCUT2D eigenvalue weighted by molar-refractivity contribution is 0.0766. The minimum atomic E-state index is -0.244. The summed E-state index contributed by atoms with van der Waals surface area (Å²) in [6, 6.07) is 9.08. The fraction of sp³-hybridized carbons (Fsp3) is 0.286. The Bertz CT molecular complexity index is 674. The third-order valence-electron chi connectivity index (χ3n) is 3.48. The van der Waals surface area contributed by atoms with Crippen LogP contribution in [0, 0.1) is 22.7 Å². The highest BCUT2D eigenvalue weighted by atomic mass is 16.2. The van der Waals surface area contributed by atoms with Crippen LogP contribution in [0.15, 0.2) is 23.3 Å². The molecule has 1 heterocycles. The van der Waals surface area contributed by atoms with Gasteiger partial charge in [-0.2, -0.15) is 15.6 Å². The number of anilines is 1. The van der Waals surface area contributed by atoms with Crippen molar-refractivity contribution in [1.82, 2.24) is 4.90 Å². The number of nitrogens with one attached hydrogen (secondary N) is 1. The van der Waals surface area contributed by atoms with E-state index in [-0.39, 0.29) is 11.6 Å². The maximum absolute atomic E-state index is 12.2. The van der Waals surface area contributed by atoms with Crippen LogP contribution in [0.4, 0.5) is 5.69 Å². The van der Waals surface area contributed by atoms with Crippen molar-refractivity contribution in [3.63, 3.8) is 0 Å². The Morgan fingerprint density at radius 3 is 2.75 bits per heavy atom. The summed E-state index contributed by atoms with van der Waals surface area (Å²) < 4.78 is 0. The van der Waals surface area contributed by atoms with Crippen molar-refractivity contribution >= 4 is 17.3 Å². The van der Waals surface area contributed by atoms with Crippen LogP contribution in [-0.2, 0) is 6.54 Å². The quantitative estimate of drug-likeness (QED) is 0.664. The summed E-state index contributed by atoms with van der Waals surface area (Å²) in [5.74, 6) is 0.0518. The van der Waals surface area contributed by atoms with E-state index >= 15 is 0 Å². The number of hydrogen-bond donors (Lipinski definition) is 1. The molecule has 1 N–H and O–H groups in total. The molecule has 0 bridgehead atoms. The fourth-order valence-electron chi connectivity index (χ4n) is 2.33. The van der Waals surface area contributed by atoms with Gasteiger partial charge in [0.15, 0.2) is 0 Å². The zero-order valence-electron chi connectivity index (χ0n) is 10.6. The van der Waals surface area contributed by atoms with Crippen molar-refractivity contribution in [2.24, 2.45) is 5.10 Å². The molecule has 1 saturated carbocycles. The van der Waals surface area contributed by atoms with Crippen molar-refractivity contribution < 1.29 is 4.79 Å². The predicted molar refractivity (Wildman–Crippen MR) is 71.6 cm³/mol. The van der Waals surface area contributed by atoms with Gasteiger partial charge in [-0.05, 0) is 25.0 Å². The first kappa shape index (κ1) is 12.2. The Hall–Kier alpha value is -2.86. The molecule has 98 valence electrons. The van der Waals surface area contributed by atoms with E-state index in [0.29, 0.717) is 23.8 Å². The first-order chi connectivity index (χ1) is 9.74. The molecule has 1 amide bonds. The molecule has 0 radical (unpaired) electrons. The molecule has 0 saturated heterocycles. The molecule has 1 aromatic carbocycles. The largest absolute Gasteiger partial charge is 0.331 e. The van der Waals surface area contributed by atoms with Crippen LogP contribution in [0.2, 0.25) is 0 Å². The van der Waals surface area contributed by atoms with Crippen LogP contribution < -0.4 is 5.43 Å². The van der Waals surface area contributed by atoms with E-state index in [1.165, 1.54) is 0 Å². The van der Waals surface area contributed by atoms with E-state index in [9.17, 15) is 4.79 Å². The van der Waals surface area contributed by atoms with E-state index in [2.05, 4.69) is 10.5 Å². The van der Waals surface area contributed by atoms with Gasteiger partial charge in [-0.15, -0.1) is 0 Å². The van der Waals surface area contributed by atoms with Crippen molar-refractivity contribution in [2.75, 3.05) is 5.43 Å². The Labute approximate surface area is 115 Å². The van der Waals surface area contributed by atoms with E-state index in [4.69, 9.17) is 10.5 Å². The van der Waals surface area contributed by atoms with Crippen LogP contribution in [0.1, 0.15) is 28.8 Å². The standard InChI is InChI=1S/C14H11N5O/c15-6-9(7-16)17-18-13-3-1-2-11-12(13)8-19(14(11)20)10-4-5-10/h1-3,10,18H,4-5,8H2. The maximum Gasteiger partial charge on any atom is 0.254 e. The van der Waals surface area contributed by atoms with Gasteiger partial charge >= 0.3 is 0 Å². The molecule has 0 atom stereocenters. The molecule has 1 aromatic rings. The molecule has 1 fully saturated rings. The highest BCUT2D eigenvalue weighted by molar-refractivity contribution is 6.10. The summed E-state index contributed by atoms with van der Waals surface area (Å²) >= 11 is 0. The van der Waals surface area contributed by atoms with Crippen LogP contribution in [0.5, 0.6) is 0 Å². The second kappa shape index (κ2) is 4.67. The summed E-state index contributed by atoms with van der Waals surface area (Å²) in [5.41, 5.74) is 4.69. The molecule has 0 unspecified atom stereocenters. The smallest absolute Gasteiger partial charge is 0.254 e. The van der Waals surface area contributed by atoms with Crippen LogP contribution in [0.3, 0.4) is 0 Å². The maximum atomic E-state index is 12.2. The number of hydrazone groups is 1. The molecule has 1 aliphatic carbocycles. The summed E-state index contributed by atoms with van der Waals surface area (Å²) in [4.78, 5) is 14.1. The normalized spacial score (nSPS) is 16.1. The minimum Gasteiger partial charge on any atom is -0.331 e. The molecule has 2 aliphatic rings. The number of carbonyl (C=O) groups excluding carboxylic acids is 1. The number of amides is 1. The lowest BCUT2D eigenvalue weighted by Gasteiger charge is -2.13. The third-order valence-corrected chi connectivity index (χ3v) is 3.48. The van der Waals surface area contributed by atoms with Crippen molar-refractivity contribution in [3.8, 4) is 12.1 Å². The second-order valence-electron chi connectivity index (χ2n) is 4.79. The molecule has 6 nitrogen and oxygen atoms in total. The van der Waals surface area contributed by atoms with E-state index in [1.807, 2.05) is 4.90 Å². The molecular formula is C14H11N5O. The Morgan fingerprint density at radius 1 is 1.35 bits per heavy atom. The molecule has 1 aliphatic heterocycles. The number of nitriles is 2. The van der Waals surface area contributed by atoms with Gasteiger partial charge in [0.05, 0.1) is 5.69 Å². The molecular weight excluding hydrogens is 254 g/mol. The first-order valence-electron chi connectivity index (χ1n) is 6.31. The van der Waals surface area contributed by atoms with Crippen molar-refractivity contribution in [1.29, 1.82) is 10.5 Å². The average molecular weight is 265 g/mol. The van der Waals surface area contributed by atoms with Gasteiger partial charge in [-0.1, -0.05) is 6.07 Å². The van der Waals surface area contributed by atoms with Gasteiger partial charge in [0, 0.05) is 23.7 Å². The number of fused-ring (bicyclic) bond motifs is 1. The van der Waals surface area contributed by atoms with E-state index < -0.39 is 0 Å². The predicted octanol–water partition coefficient (Wildman–Crippen LogP) is 1.62. The van der Waals surface area contributed by atoms with Crippen LogP contribution in [0.25, 0.3) is 0 Å². The summed E-state index contributed by atoms with van der Waals surface area (Å²) in [5, 5.41) is 21.0. The van der Waals surface area contributed by atoms with Crippen LogP contribution in [-0.4, -0.2) is 22.6 Å². The summed E-state index contributed by atoms with van der Waals surface area (Å²) in [6.07, 6.45) is 2.13. The second-order valence-corrected chi connectivity index (χ2v) is 4.79. The number of carbonyl (C=O) groups is 1. The summed E-state index contributed by atoms with van der Waals surface area (Å²) in [7, 11) is 0. The van der Waals surface area contributed by atoms with Crippen LogP contribution >= 0.6 is 0 Å². The molecule has 6 heteroatoms. The Kier molecular flexibility index (Phi) is 2.85. The third kappa shape index (κ3) is 1.98. The zero-order valence-corrected chi connectivity index (χ0v) is 10.6. The zero-order chi connectivity index (χ0) is 14.1. The highest BCUT2D eigenvalue weighted by Gasteiger charge is 2.38. The number of rotatable bonds is 3. The van der Waals surface area contributed by atoms with Gasteiger partial charge < -0.3 is 4.90 Å². The Balaban J connectivity index is 1.89. The van der Waals surface area contributed by atoms with Gasteiger partial charge in [0.2, 0.25) is 5.71 Å². The van der Waals surface area contributed by atoms with Gasteiger partial charge in [-0.25, -0.2) is 0 Å². The molecule has 0 spiro atoms. The molecule has 3 rings (SSSR count). The minimum absolute atomic E-state index is 0.0518. The summed E-state index contributed by atoms with van der Waals surface area (Å²) in [6.45, 7) is 0.561. The highest BCUT2D eigenvalue weighted by Crippen LogP contribution is 2.37. The van der Waals surface area contributed by atoms with E-state index in [1.54, 1.807) is 30.3 Å². The van der Waals surface area contributed by atoms with E-state index in [0.717, 1.165) is 18.4 Å². The van der Waals surface area contributed by atoms with Gasteiger partial charge in [-0.3, -0.25) is 10.2 Å². The topological polar surface area (TPSA) is 92.3 Å². The lowest BCUT2D eigenvalue weighted by atomic mass is 10.1. The lowest BCUT2D eigenvalue weighted by Crippen LogP contribution is -2.25. The first-order valence-corrected chi connectivity index (χ1v) is 6.31. The number of nitrogens with zero attached hydrogens (tertiary/aromatic N) is 4. The number of benzene rings is 1. The number of hydrogen-bond acceptors (Lipinski definition) is 5. The average Bonchev–Trinajstić information content (AvgIpc) is 3.25. The van der Waals surface area contributed by atoms with Gasteiger partial charge in [0.25, 0.3) is 5.91 Å². The SMILES string of the molecule is N#CC(C#N)=NNc1cccc2c1CN(C1CC1)C2=O. The molecule has 0 aromatic heterocycles. The van der Waals surface area contributed by atoms with Crippen molar-refractivity contribution in [2.45, 2.75) is 25.4 Å². The van der Waals surface area contributed by atoms with Crippen molar-refractivity contribution in [3.05, 3.63) is 29.3 Å². The fourth-order valence-corrected chi connectivity index (χ4v) is 2.33. The monoisotopic (exact) mass is 265 g/mol.